The molecule has 0 radical (unpaired) electrons. The van der Waals surface area contributed by atoms with E-state index in [9.17, 15) is 4.79 Å². The standard InChI is InChI=1S/C15H16ClN3O2/c1-10-8-13(18-17-10)15(20)19-6-7-21-14(9-19)11-2-4-12(16)5-3-11/h2-5,8,14H,6-7,9H2,1H3,(H,17,18)/t14-/m1/s1. The van der Waals surface area contributed by atoms with E-state index in [2.05, 4.69) is 10.2 Å². The Morgan fingerprint density at radius 1 is 1.43 bits per heavy atom. The average Bonchev–Trinajstić information content (AvgIpc) is 2.94. The number of ether oxygens (including phenoxy) is 1. The van der Waals surface area contributed by atoms with E-state index in [0.717, 1.165) is 11.3 Å². The van der Waals surface area contributed by atoms with Crippen molar-refractivity contribution >= 4 is 17.5 Å². The molecule has 2 heterocycles. The van der Waals surface area contributed by atoms with E-state index < -0.39 is 0 Å². The second-order valence-electron chi connectivity index (χ2n) is 5.10. The van der Waals surface area contributed by atoms with Crippen LogP contribution in [0.4, 0.5) is 0 Å². The van der Waals surface area contributed by atoms with Gasteiger partial charge in [0.2, 0.25) is 0 Å². The molecule has 1 fully saturated rings. The molecule has 0 bridgehead atoms. The minimum absolute atomic E-state index is 0.0680. The Morgan fingerprint density at radius 3 is 2.86 bits per heavy atom. The van der Waals surface area contributed by atoms with Crippen molar-refractivity contribution in [3.05, 3.63) is 52.3 Å². The highest BCUT2D eigenvalue weighted by atomic mass is 35.5. The quantitative estimate of drug-likeness (QED) is 0.928. The molecule has 21 heavy (non-hydrogen) atoms. The Kier molecular flexibility index (Phi) is 3.94. The maximum atomic E-state index is 12.4. The molecule has 1 atom stereocenters. The predicted octanol–water partition coefficient (Wildman–Crippen LogP) is 2.59. The number of rotatable bonds is 2. The molecule has 2 aromatic rings. The van der Waals surface area contributed by atoms with Gasteiger partial charge in [-0.2, -0.15) is 5.10 Å². The van der Waals surface area contributed by atoms with Crippen LogP contribution in [0.3, 0.4) is 0 Å². The number of aryl methyl sites for hydroxylation is 1. The average molecular weight is 306 g/mol. The summed E-state index contributed by atoms with van der Waals surface area (Å²) in [4.78, 5) is 14.2. The van der Waals surface area contributed by atoms with E-state index in [1.807, 2.05) is 31.2 Å². The number of aromatic nitrogens is 2. The number of aromatic amines is 1. The summed E-state index contributed by atoms with van der Waals surface area (Å²) >= 11 is 5.89. The summed E-state index contributed by atoms with van der Waals surface area (Å²) in [6.45, 7) is 3.49. The van der Waals surface area contributed by atoms with Crippen molar-refractivity contribution in [1.29, 1.82) is 0 Å². The number of nitrogens with zero attached hydrogens (tertiary/aromatic N) is 2. The van der Waals surface area contributed by atoms with Gasteiger partial charge in [0.25, 0.3) is 5.91 Å². The molecular formula is C15H16ClN3O2. The Balaban J connectivity index is 1.73. The van der Waals surface area contributed by atoms with Gasteiger partial charge in [0.15, 0.2) is 0 Å². The second-order valence-corrected chi connectivity index (χ2v) is 5.53. The van der Waals surface area contributed by atoms with Crippen LogP contribution in [-0.4, -0.2) is 40.7 Å². The maximum absolute atomic E-state index is 12.4. The first kappa shape index (κ1) is 14.1. The number of nitrogens with one attached hydrogen (secondary N) is 1. The van der Waals surface area contributed by atoms with Gasteiger partial charge in [0, 0.05) is 17.3 Å². The molecule has 1 aromatic carbocycles. The Hall–Kier alpha value is -1.85. The fourth-order valence-electron chi connectivity index (χ4n) is 2.40. The highest BCUT2D eigenvalue weighted by molar-refractivity contribution is 6.30. The van der Waals surface area contributed by atoms with Crippen LogP contribution in [0.1, 0.15) is 27.8 Å². The molecule has 5 nitrogen and oxygen atoms in total. The third kappa shape index (κ3) is 3.09. The number of benzene rings is 1. The van der Waals surface area contributed by atoms with Crippen molar-refractivity contribution in [2.24, 2.45) is 0 Å². The zero-order valence-corrected chi connectivity index (χ0v) is 12.4. The number of carbonyl (C=O) groups excluding carboxylic acids is 1. The second kappa shape index (κ2) is 5.87. The number of hydrogen-bond donors (Lipinski definition) is 1. The number of hydrogen-bond acceptors (Lipinski definition) is 3. The smallest absolute Gasteiger partial charge is 0.274 e. The molecule has 110 valence electrons. The minimum Gasteiger partial charge on any atom is -0.370 e. The molecule has 1 aliphatic heterocycles. The molecule has 0 aliphatic carbocycles. The van der Waals surface area contributed by atoms with Crippen LogP contribution in [0, 0.1) is 6.92 Å². The molecule has 1 aliphatic rings. The lowest BCUT2D eigenvalue weighted by Gasteiger charge is -2.32. The summed E-state index contributed by atoms with van der Waals surface area (Å²) in [6, 6.07) is 9.28. The van der Waals surface area contributed by atoms with Crippen LogP contribution in [-0.2, 0) is 4.74 Å². The van der Waals surface area contributed by atoms with Crippen LogP contribution < -0.4 is 0 Å². The SMILES string of the molecule is Cc1cc(C(=O)N2CCO[C@@H](c3ccc(Cl)cc3)C2)n[nH]1. The van der Waals surface area contributed by atoms with Gasteiger partial charge in [0.05, 0.1) is 13.2 Å². The van der Waals surface area contributed by atoms with E-state index in [1.54, 1.807) is 11.0 Å². The first-order valence-corrected chi connectivity index (χ1v) is 7.19. The molecule has 0 spiro atoms. The van der Waals surface area contributed by atoms with E-state index in [0.29, 0.717) is 30.4 Å². The summed E-state index contributed by atoms with van der Waals surface area (Å²) in [6.07, 6.45) is -0.125. The zero-order valence-electron chi connectivity index (χ0n) is 11.7. The lowest BCUT2D eigenvalue weighted by atomic mass is 10.1. The number of amides is 1. The molecule has 3 rings (SSSR count). The van der Waals surface area contributed by atoms with E-state index >= 15 is 0 Å². The summed E-state index contributed by atoms with van der Waals surface area (Å²) in [5, 5.41) is 7.51. The van der Waals surface area contributed by atoms with Crippen LogP contribution in [0.15, 0.2) is 30.3 Å². The van der Waals surface area contributed by atoms with Gasteiger partial charge in [-0.05, 0) is 30.7 Å². The molecule has 1 aromatic heterocycles. The van der Waals surface area contributed by atoms with Crippen molar-refractivity contribution in [2.75, 3.05) is 19.7 Å². The summed E-state index contributed by atoms with van der Waals surface area (Å²) in [5.74, 6) is -0.0680. The van der Waals surface area contributed by atoms with Crippen LogP contribution in [0.25, 0.3) is 0 Å². The first-order chi connectivity index (χ1) is 10.1. The lowest BCUT2D eigenvalue weighted by Crippen LogP contribution is -2.42. The molecular weight excluding hydrogens is 290 g/mol. The Bertz CT molecular complexity index is 639. The van der Waals surface area contributed by atoms with E-state index in [-0.39, 0.29) is 12.0 Å². The topological polar surface area (TPSA) is 58.2 Å². The first-order valence-electron chi connectivity index (χ1n) is 6.82. The largest absolute Gasteiger partial charge is 0.370 e. The van der Waals surface area contributed by atoms with Crippen molar-refractivity contribution in [2.45, 2.75) is 13.0 Å². The van der Waals surface area contributed by atoms with Crippen LogP contribution >= 0.6 is 11.6 Å². The summed E-state index contributed by atoms with van der Waals surface area (Å²) < 4.78 is 5.76. The molecule has 1 amide bonds. The fraction of sp³-hybridized carbons (Fsp3) is 0.333. The normalized spacial score (nSPS) is 18.8. The van der Waals surface area contributed by atoms with Crippen molar-refractivity contribution < 1.29 is 9.53 Å². The zero-order chi connectivity index (χ0) is 14.8. The van der Waals surface area contributed by atoms with Crippen molar-refractivity contribution in [1.82, 2.24) is 15.1 Å². The molecule has 1 N–H and O–H groups in total. The fourth-order valence-corrected chi connectivity index (χ4v) is 2.53. The molecule has 0 saturated carbocycles. The highest BCUT2D eigenvalue weighted by Crippen LogP contribution is 2.24. The van der Waals surface area contributed by atoms with E-state index in [4.69, 9.17) is 16.3 Å². The Labute approximate surface area is 127 Å². The number of halogens is 1. The number of carbonyl (C=O) groups is 1. The number of morpholine rings is 1. The van der Waals surface area contributed by atoms with Crippen molar-refractivity contribution in [3.63, 3.8) is 0 Å². The lowest BCUT2D eigenvalue weighted by molar-refractivity contribution is -0.0230. The van der Waals surface area contributed by atoms with Gasteiger partial charge in [-0.25, -0.2) is 0 Å². The summed E-state index contributed by atoms with van der Waals surface area (Å²) in [7, 11) is 0. The third-order valence-electron chi connectivity index (χ3n) is 3.52. The Morgan fingerprint density at radius 2 is 2.19 bits per heavy atom. The monoisotopic (exact) mass is 305 g/mol. The molecule has 6 heteroatoms. The third-order valence-corrected chi connectivity index (χ3v) is 3.77. The van der Waals surface area contributed by atoms with Gasteiger partial charge in [0.1, 0.15) is 11.8 Å². The van der Waals surface area contributed by atoms with Crippen LogP contribution in [0.5, 0.6) is 0 Å². The van der Waals surface area contributed by atoms with Gasteiger partial charge in [-0.3, -0.25) is 9.89 Å². The predicted molar refractivity (Wildman–Crippen MR) is 79.4 cm³/mol. The van der Waals surface area contributed by atoms with Crippen molar-refractivity contribution in [3.8, 4) is 0 Å². The maximum Gasteiger partial charge on any atom is 0.274 e. The van der Waals surface area contributed by atoms with Gasteiger partial charge in [-0.1, -0.05) is 23.7 Å². The van der Waals surface area contributed by atoms with Gasteiger partial charge < -0.3 is 9.64 Å². The molecule has 1 saturated heterocycles. The van der Waals surface area contributed by atoms with E-state index in [1.165, 1.54) is 0 Å². The number of H-pyrrole nitrogens is 1. The van der Waals surface area contributed by atoms with Gasteiger partial charge in [-0.15, -0.1) is 0 Å². The highest BCUT2D eigenvalue weighted by Gasteiger charge is 2.27. The molecule has 0 unspecified atom stereocenters. The van der Waals surface area contributed by atoms with Gasteiger partial charge >= 0.3 is 0 Å². The minimum atomic E-state index is -0.125. The summed E-state index contributed by atoms with van der Waals surface area (Å²) in [5.41, 5.74) is 2.35. The van der Waals surface area contributed by atoms with Crippen LogP contribution in [0.2, 0.25) is 5.02 Å².